The van der Waals surface area contributed by atoms with Gasteiger partial charge in [-0.25, -0.2) is 4.79 Å². The lowest BCUT2D eigenvalue weighted by molar-refractivity contribution is 0.129. The summed E-state index contributed by atoms with van der Waals surface area (Å²) in [6.07, 6.45) is 0.0101. The Labute approximate surface area is 107 Å². The van der Waals surface area contributed by atoms with Crippen LogP contribution in [0.5, 0.6) is 0 Å². The molecule has 4 heteroatoms. The molecule has 4 nitrogen and oxygen atoms in total. The molecule has 18 heavy (non-hydrogen) atoms. The highest BCUT2D eigenvalue weighted by Crippen LogP contribution is 2.03. The van der Waals surface area contributed by atoms with Crippen LogP contribution in [0.2, 0.25) is 0 Å². The van der Waals surface area contributed by atoms with Crippen LogP contribution < -0.4 is 5.32 Å². The van der Waals surface area contributed by atoms with E-state index in [1.807, 2.05) is 37.3 Å². The molecule has 1 atom stereocenters. The van der Waals surface area contributed by atoms with E-state index in [0.29, 0.717) is 6.42 Å². The van der Waals surface area contributed by atoms with Crippen LogP contribution in [0.4, 0.5) is 4.79 Å². The molecule has 98 valence electrons. The lowest BCUT2D eigenvalue weighted by atomic mass is 10.1. The number of carbonyl (C=O) groups excluding carboxylic acids is 1. The van der Waals surface area contributed by atoms with Gasteiger partial charge in [0.05, 0.1) is 12.6 Å². The molecule has 0 saturated heterocycles. The van der Waals surface area contributed by atoms with E-state index in [4.69, 9.17) is 9.84 Å². The highest BCUT2D eigenvalue weighted by molar-refractivity contribution is 5.67. The average molecular weight is 249 g/mol. The molecule has 2 N–H and O–H groups in total. The Morgan fingerprint density at radius 2 is 2.11 bits per heavy atom. The number of aliphatic hydroxyl groups is 1. The van der Waals surface area contributed by atoms with Crippen molar-refractivity contribution in [1.82, 2.24) is 5.32 Å². The molecule has 1 amide bonds. The van der Waals surface area contributed by atoms with E-state index < -0.39 is 6.09 Å². The summed E-state index contributed by atoms with van der Waals surface area (Å²) in [6.45, 7) is 5.68. The van der Waals surface area contributed by atoms with Crippen LogP contribution in [0.25, 0.3) is 0 Å². The van der Waals surface area contributed by atoms with E-state index in [2.05, 4.69) is 11.9 Å². The number of carbonyl (C=O) groups is 1. The number of rotatable bonds is 6. The van der Waals surface area contributed by atoms with Gasteiger partial charge in [-0.15, -0.1) is 6.58 Å². The first-order valence-electron chi connectivity index (χ1n) is 5.84. The van der Waals surface area contributed by atoms with E-state index in [1.165, 1.54) is 0 Å². The first-order chi connectivity index (χ1) is 8.61. The highest BCUT2D eigenvalue weighted by atomic mass is 16.5. The standard InChI is InChI=1S/C14H19NO3/c1-11(2)8-13(9-16)15-14(17)18-10-12-6-4-3-5-7-12/h3-7,13,16H,1,8-10H2,2H3,(H,15,17). The van der Waals surface area contributed by atoms with Crippen LogP contribution in [0.1, 0.15) is 18.9 Å². The second-order valence-corrected chi connectivity index (χ2v) is 4.25. The second-order valence-electron chi connectivity index (χ2n) is 4.25. The average Bonchev–Trinajstić information content (AvgIpc) is 2.36. The molecule has 0 bridgehead atoms. The van der Waals surface area contributed by atoms with Crippen molar-refractivity contribution in [1.29, 1.82) is 0 Å². The topological polar surface area (TPSA) is 58.6 Å². The summed E-state index contributed by atoms with van der Waals surface area (Å²) >= 11 is 0. The zero-order valence-electron chi connectivity index (χ0n) is 10.6. The van der Waals surface area contributed by atoms with Crippen molar-refractivity contribution in [3.8, 4) is 0 Å². The van der Waals surface area contributed by atoms with Crippen LogP contribution >= 0.6 is 0 Å². The maximum Gasteiger partial charge on any atom is 0.407 e. The first-order valence-corrected chi connectivity index (χ1v) is 5.84. The first kappa shape index (κ1) is 14.3. The third-order valence-corrected chi connectivity index (χ3v) is 2.35. The summed E-state index contributed by atoms with van der Waals surface area (Å²) in [5, 5.41) is 11.7. The van der Waals surface area contributed by atoms with Gasteiger partial charge in [0, 0.05) is 0 Å². The smallest absolute Gasteiger partial charge is 0.407 e. The van der Waals surface area contributed by atoms with Gasteiger partial charge in [0.2, 0.25) is 0 Å². The highest BCUT2D eigenvalue weighted by Gasteiger charge is 2.12. The van der Waals surface area contributed by atoms with Crippen molar-refractivity contribution < 1.29 is 14.6 Å². The largest absolute Gasteiger partial charge is 0.445 e. The van der Waals surface area contributed by atoms with Crippen molar-refractivity contribution in [2.45, 2.75) is 26.0 Å². The molecule has 0 spiro atoms. The van der Waals surface area contributed by atoms with Gasteiger partial charge in [0.25, 0.3) is 0 Å². The molecular weight excluding hydrogens is 230 g/mol. The predicted molar refractivity (Wildman–Crippen MR) is 70.1 cm³/mol. The number of nitrogens with one attached hydrogen (secondary N) is 1. The van der Waals surface area contributed by atoms with Crippen molar-refractivity contribution in [2.75, 3.05) is 6.61 Å². The van der Waals surface area contributed by atoms with Gasteiger partial charge in [-0.3, -0.25) is 0 Å². The molecule has 0 aliphatic rings. The Morgan fingerprint density at radius 3 is 2.67 bits per heavy atom. The lowest BCUT2D eigenvalue weighted by Crippen LogP contribution is -2.37. The molecule has 1 aromatic carbocycles. The van der Waals surface area contributed by atoms with Gasteiger partial charge in [0.1, 0.15) is 6.61 Å². The molecule has 1 aromatic rings. The summed E-state index contributed by atoms with van der Waals surface area (Å²) in [7, 11) is 0. The fourth-order valence-electron chi connectivity index (χ4n) is 1.51. The SMILES string of the molecule is C=C(C)CC(CO)NC(=O)OCc1ccccc1. The van der Waals surface area contributed by atoms with Crippen LogP contribution in [0, 0.1) is 0 Å². The van der Waals surface area contributed by atoms with E-state index in [1.54, 1.807) is 0 Å². The summed E-state index contributed by atoms with van der Waals surface area (Å²) < 4.78 is 5.05. The molecule has 0 aromatic heterocycles. The number of alkyl carbamates (subject to hydrolysis) is 1. The fraction of sp³-hybridized carbons (Fsp3) is 0.357. The lowest BCUT2D eigenvalue weighted by Gasteiger charge is -2.16. The molecule has 0 aliphatic carbocycles. The molecular formula is C14H19NO3. The zero-order valence-corrected chi connectivity index (χ0v) is 10.6. The minimum atomic E-state index is -0.529. The van der Waals surface area contributed by atoms with Gasteiger partial charge in [-0.2, -0.15) is 0 Å². The van der Waals surface area contributed by atoms with Crippen molar-refractivity contribution in [3.63, 3.8) is 0 Å². The molecule has 0 radical (unpaired) electrons. The van der Waals surface area contributed by atoms with Crippen molar-refractivity contribution in [3.05, 3.63) is 48.0 Å². The molecule has 0 fully saturated rings. The summed E-state index contributed by atoms with van der Waals surface area (Å²) in [5.74, 6) is 0. The molecule has 1 unspecified atom stereocenters. The van der Waals surface area contributed by atoms with Gasteiger partial charge in [0.15, 0.2) is 0 Å². The molecule has 0 saturated carbocycles. The molecule has 0 aliphatic heterocycles. The van der Waals surface area contributed by atoms with Crippen molar-refractivity contribution in [2.24, 2.45) is 0 Å². The van der Waals surface area contributed by atoms with E-state index in [-0.39, 0.29) is 19.3 Å². The summed E-state index contributed by atoms with van der Waals surface area (Å²) in [6, 6.07) is 9.08. The normalized spacial score (nSPS) is 11.7. The van der Waals surface area contributed by atoms with Crippen LogP contribution in [0.3, 0.4) is 0 Å². The molecule has 0 heterocycles. The Kier molecular flexibility index (Phi) is 5.94. The number of amides is 1. The van der Waals surface area contributed by atoms with Gasteiger partial charge in [-0.1, -0.05) is 35.9 Å². The van der Waals surface area contributed by atoms with Crippen LogP contribution in [0.15, 0.2) is 42.5 Å². The van der Waals surface area contributed by atoms with E-state index in [9.17, 15) is 4.79 Å². The maximum absolute atomic E-state index is 11.5. The van der Waals surface area contributed by atoms with Gasteiger partial charge < -0.3 is 15.2 Å². The maximum atomic E-state index is 11.5. The fourth-order valence-corrected chi connectivity index (χ4v) is 1.51. The number of hydrogen-bond donors (Lipinski definition) is 2. The number of benzene rings is 1. The third-order valence-electron chi connectivity index (χ3n) is 2.35. The predicted octanol–water partition coefficient (Wildman–Crippen LogP) is 2.24. The quantitative estimate of drug-likeness (QED) is 0.760. The summed E-state index contributed by atoms with van der Waals surface area (Å²) in [5.41, 5.74) is 1.82. The Hall–Kier alpha value is -1.81. The van der Waals surface area contributed by atoms with Gasteiger partial charge >= 0.3 is 6.09 Å². The number of hydrogen-bond acceptors (Lipinski definition) is 3. The summed E-state index contributed by atoms with van der Waals surface area (Å²) in [4.78, 5) is 11.5. The Bertz CT molecular complexity index is 389. The minimum absolute atomic E-state index is 0.132. The van der Waals surface area contributed by atoms with Gasteiger partial charge in [-0.05, 0) is 18.9 Å². The number of aliphatic hydroxyl groups excluding tert-OH is 1. The number of ether oxygens (including phenoxy) is 1. The zero-order chi connectivity index (χ0) is 13.4. The molecule has 1 rings (SSSR count). The third kappa shape index (κ3) is 5.50. The Morgan fingerprint density at radius 1 is 1.44 bits per heavy atom. The van der Waals surface area contributed by atoms with E-state index in [0.717, 1.165) is 11.1 Å². The monoisotopic (exact) mass is 249 g/mol. The van der Waals surface area contributed by atoms with Crippen molar-refractivity contribution >= 4 is 6.09 Å². The second kappa shape index (κ2) is 7.50. The van der Waals surface area contributed by atoms with Crippen LogP contribution in [-0.4, -0.2) is 23.8 Å². The minimum Gasteiger partial charge on any atom is -0.445 e. The van der Waals surface area contributed by atoms with Crippen LogP contribution in [-0.2, 0) is 11.3 Å². The van der Waals surface area contributed by atoms with E-state index >= 15 is 0 Å². The Balaban J connectivity index is 2.34.